The van der Waals surface area contributed by atoms with Crippen LogP contribution in [0.4, 0.5) is 0 Å². The molecule has 0 saturated carbocycles. The molecule has 1 fully saturated rings. The number of hydrogen-bond acceptors (Lipinski definition) is 3. The number of hydrogen-bond donors (Lipinski definition) is 2. The quantitative estimate of drug-likeness (QED) is 0.409. The van der Waals surface area contributed by atoms with E-state index in [-0.39, 0.29) is 5.41 Å². The van der Waals surface area contributed by atoms with E-state index in [4.69, 9.17) is 21.1 Å². The molecule has 1 aliphatic heterocycles. The maximum Gasteiger partial charge on any atom is 0.191 e. The van der Waals surface area contributed by atoms with Gasteiger partial charge in [-0.2, -0.15) is 0 Å². The standard InChI is InChI=1S/C20H32ClN3O2/c1-4-5-6-11-23-19(22-2)24-15-20(9-12-26-13-10-20)17-14-16(21)7-8-18(17)25-3/h7-8,14H,4-6,9-13,15H2,1-3H3,(H2,22,23,24). The molecule has 1 aromatic rings. The average molecular weight is 382 g/mol. The Morgan fingerprint density at radius 1 is 1.27 bits per heavy atom. The first-order chi connectivity index (χ1) is 12.6. The van der Waals surface area contributed by atoms with Crippen molar-refractivity contribution in [2.75, 3.05) is 40.5 Å². The summed E-state index contributed by atoms with van der Waals surface area (Å²) in [7, 11) is 3.52. The second kappa shape index (κ2) is 10.6. The number of guanidine groups is 1. The van der Waals surface area contributed by atoms with Crippen LogP contribution in [0.3, 0.4) is 0 Å². The number of nitrogens with zero attached hydrogens (tertiary/aromatic N) is 1. The maximum absolute atomic E-state index is 6.30. The zero-order valence-corrected chi connectivity index (χ0v) is 17.0. The highest BCUT2D eigenvalue weighted by Gasteiger charge is 2.37. The van der Waals surface area contributed by atoms with E-state index in [0.717, 1.165) is 67.9 Å². The van der Waals surface area contributed by atoms with Gasteiger partial charge in [-0.25, -0.2) is 0 Å². The zero-order valence-electron chi connectivity index (χ0n) is 16.2. The number of benzene rings is 1. The van der Waals surface area contributed by atoms with Crippen LogP contribution in [0.1, 0.15) is 44.6 Å². The second-order valence-electron chi connectivity index (χ2n) is 6.80. The van der Waals surface area contributed by atoms with Crippen molar-refractivity contribution in [2.45, 2.75) is 44.4 Å². The molecule has 0 atom stereocenters. The third-order valence-electron chi connectivity index (χ3n) is 5.07. The highest BCUT2D eigenvalue weighted by atomic mass is 35.5. The highest BCUT2D eigenvalue weighted by Crippen LogP contribution is 2.40. The summed E-state index contributed by atoms with van der Waals surface area (Å²) in [5.41, 5.74) is 1.06. The molecule has 2 rings (SSSR count). The zero-order chi connectivity index (χ0) is 18.8. The summed E-state index contributed by atoms with van der Waals surface area (Å²) in [5.74, 6) is 1.72. The van der Waals surface area contributed by atoms with Crippen molar-refractivity contribution in [3.8, 4) is 5.75 Å². The van der Waals surface area contributed by atoms with Crippen molar-refractivity contribution in [3.05, 3.63) is 28.8 Å². The molecule has 6 heteroatoms. The molecule has 1 aliphatic rings. The first-order valence-electron chi connectivity index (χ1n) is 9.51. The Kier molecular flexibility index (Phi) is 8.52. The van der Waals surface area contributed by atoms with E-state index < -0.39 is 0 Å². The van der Waals surface area contributed by atoms with Gasteiger partial charge in [0.05, 0.1) is 7.11 Å². The SMILES string of the molecule is CCCCCNC(=NC)NCC1(c2cc(Cl)ccc2OC)CCOCC1. The van der Waals surface area contributed by atoms with Gasteiger partial charge in [0.2, 0.25) is 0 Å². The molecule has 0 radical (unpaired) electrons. The topological polar surface area (TPSA) is 54.9 Å². The van der Waals surface area contributed by atoms with Gasteiger partial charge in [-0.05, 0) is 37.5 Å². The monoisotopic (exact) mass is 381 g/mol. The maximum atomic E-state index is 6.30. The van der Waals surface area contributed by atoms with Crippen molar-refractivity contribution in [2.24, 2.45) is 4.99 Å². The number of aliphatic imine (C=N–C) groups is 1. The minimum absolute atomic E-state index is 0.0878. The van der Waals surface area contributed by atoms with Crippen LogP contribution in [-0.2, 0) is 10.2 Å². The summed E-state index contributed by atoms with van der Waals surface area (Å²) in [6.07, 6.45) is 5.43. The molecule has 5 nitrogen and oxygen atoms in total. The van der Waals surface area contributed by atoms with Gasteiger partial charge >= 0.3 is 0 Å². The Bertz CT molecular complexity index is 586. The van der Waals surface area contributed by atoms with Crippen molar-refractivity contribution < 1.29 is 9.47 Å². The van der Waals surface area contributed by atoms with Crippen LogP contribution in [0.15, 0.2) is 23.2 Å². The Morgan fingerprint density at radius 2 is 2.04 bits per heavy atom. The van der Waals surface area contributed by atoms with Crippen LogP contribution < -0.4 is 15.4 Å². The van der Waals surface area contributed by atoms with E-state index in [2.05, 4.69) is 22.5 Å². The first kappa shape index (κ1) is 20.8. The molecule has 0 bridgehead atoms. The van der Waals surface area contributed by atoms with E-state index in [1.165, 1.54) is 12.8 Å². The molecule has 0 spiro atoms. The Balaban J connectivity index is 2.13. The van der Waals surface area contributed by atoms with Crippen LogP contribution >= 0.6 is 11.6 Å². The Morgan fingerprint density at radius 3 is 2.69 bits per heavy atom. The van der Waals surface area contributed by atoms with E-state index in [1.807, 2.05) is 25.2 Å². The molecule has 0 aromatic heterocycles. The first-order valence-corrected chi connectivity index (χ1v) is 9.89. The fourth-order valence-electron chi connectivity index (χ4n) is 3.45. The van der Waals surface area contributed by atoms with Crippen molar-refractivity contribution >= 4 is 17.6 Å². The molecule has 1 saturated heterocycles. The van der Waals surface area contributed by atoms with Gasteiger partial charge in [-0.1, -0.05) is 31.4 Å². The lowest BCUT2D eigenvalue weighted by atomic mass is 9.73. The minimum atomic E-state index is -0.0878. The van der Waals surface area contributed by atoms with Gasteiger partial charge in [-0.15, -0.1) is 0 Å². The highest BCUT2D eigenvalue weighted by molar-refractivity contribution is 6.30. The molecule has 146 valence electrons. The number of methoxy groups -OCH3 is 1. The van der Waals surface area contributed by atoms with Crippen LogP contribution in [0, 0.1) is 0 Å². The van der Waals surface area contributed by atoms with Crippen LogP contribution in [0.5, 0.6) is 5.75 Å². The van der Waals surface area contributed by atoms with E-state index >= 15 is 0 Å². The van der Waals surface area contributed by atoms with Crippen LogP contribution in [-0.4, -0.2) is 46.4 Å². The lowest BCUT2D eigenvalue weighted by Gasteiger charge is -2.39. The average Bonchev–Trinajstić information content (AvgIpc) is 2.68. The van der Waals surface area contributed by atoms with Gasteiger partial charge in [0, 0.05) is 49.4 Å². The van der Waals surface area contributed by atoms with E-state index in [1.54, 1.807) is 7.11 Å². The molecule has 1 heterocycles. The van der Waals surface area contributed by atoms with Gasteiger partial charge in [0.1, 0.15) is 5.75 Å². The van der Waals surface area contributed by atoms with Gasteiger partial charge in [0.15, 0.2) is 5.96 Å². The normalized spacial score (nSPS) is 17.0. The number of rotatable bonds is 8. The van der Waals surface area contributed by atoms with Crippen LogP contribution in [0.2, 0.25) is 5.02 Å². The molecule has 1 aromatic carbocycles. The number of ether oxygens (including phenoxy) is 2. The fourth-order valence-corrected chi connectivity index (χ4v) is 3.63. The van der Waals surface area contributed by atoms with Crippen molar-refractivity contribution in [1.29, 1.82) is 0 Å². The number of unbranched alkanes of at least 4 members (excludes halogenated alkanes) is 2. The van der Waals surface area contributed by atoms with Crippen molar-refractivity contribution in [1.82, 2.24) is 10.6 Å². The molecule has 26 heavy (non-hydrogen) atoms. The Hall–Kier alpha value is -1.46. The predicted octanol–water partition coefficient (Wildman–Crippen LogP) is 3.75. The third kappa shape index (κ3) is 5.52. The molecular formula is C20H32ClN3O2. The van der Waals surface area contributed by atoms with Gasteiger partial charge in [-0.3, -0.25) is 4.99 Å². The second-order valence-corrected chi connectivity index (χ2v) is 7.23. The van der Waals surface area contributed by atoms with Crippen LogP contribution in [0.25, 0.3) is 0 Å². The van der Waals surface area contributed by atoms with E-state index in [0.29, 0.717) is 0 Å². The van der Waals surface area contributed by atoms with Gasteiger partial charge < -0.3 is 20.1 Å². The molecule has 0 aliphatic carbocycles. The summed E-state index contributed by atoms with van der Waals surface area (Å²) in [5, 5.41) is 7.64. The van der Waals surface area contributed by atoms with Gasteiger partial charge in [0.25, 0.3) is 0 Å². The van der Waals surface area contributed by atoms with E-state index in [9.17, 15) is 0 Å². The summed E-state index contributed by atoms with van der Waals surface area (Å²) in [6, 6.07) is 5.86. The third-order valence-corrected chi connectivity index (χ3v) is 5.31. The summed E-state index contributed by atoms with van der Waals surface area (Å²) < 4.78 is 11.3. The smallest absolute Gasteiger partial charge is 0.191 e. The summed E-state index contributed by atoms with van der Waals surface area (Å²) in [6.45, 7) is 5.38. The molecule has 0 amide bonds. The Labute approximate surface area is 162 Å². The molecule has 2 N–H and O–H groups in total. The lowest BCUT2D eigenvalue weighted by molar-refractivity contribution is 0.0505. The molecular weight excluding hydrogens is 350 g/mol. The fraction of sp³-hybridized carbons (Fsp3) is 0.650. The lowest BCUT2D eigenvalue weighted by Crippen LogP contribution is -2.48. The summed E-state index contributed by atoms with van der Waals surface area (Å²) in [4.78, 5) is 4.36. The molecule has 0 unspecified atom stereocenters. The predicted molar refractivity (Wildman–Crippen MR) is 109 cm³/mol. The van der Waals surface area contributed by atoms with Crippen molar-refractivity contribution in [3.63, 3.8) is 0 Å². The minimum Gasteiger partial charge on any atom is -0.496 e. The largest absolute Gasteiger partial charge is 0.496 e. The summed E-state index contributed by atoms with van der Waals surface area (Å²) >= 11 is 6.30. The number of halogens is 1. The number of nitrogens with one attached hydrogen (secondary N) is 2.